The second-order valence-electron chi connectivity index (χ2n) is 8.11. The Bertz CT molecular complexity index is 1020. The molecule has 3 N–H and O–H groups in total. The van der Waals surface area contributed by atoms with Crippen LogP contribution in [0, 0.1) is 5.92 Å². The smallest absolute Gasteiger partial charge is 0.223 e. The number of benzene rings is 1. The SMILES string of the molecule is COCCc1nc2c(N)nc3ccccc3c2n1CCCCNC(=O)C1CCCC1. The van der Waals surface area contributed by atoms with E-state index < -0.39 is 0 Å². The first-order chi connectivity index (χ1) is 14.7. The number of nitrogen functional groups attached to an aromatic ring is 1. The molecule has 0 spiro atoms. The lowest BCUT2D eigenvalue weighted by Gasteiger charge is -2.12. The molecule has 0 aliphatic heterocycles. The Morgan fingerprint density at radius 2 is 2.03 bits per heavy atom. The number of rotatable bonds is 9. The van der Waals surface area contributed by atoms with Crippen LogP contribution in [0.2, 0.25) is 0 Å². The number of methoxy groups -OCH3 is 1. The molecule has 1 amide bonds. The number of hydrogen-bond acceptors (Lipinski definition) is 5. The molecule has 7 heteroatoms. The number of carbonyl (C=O) groups excluding carboxylic acids is 1. The van der Waals surface area contributed by atoms with Gasteiger partial charge in [-0.05, 0) is 31.7 Å². The van der Waals surface area contributed by atoms with E-state index in [0.717, 1.165) is 73.0 Å². The third kappa shape index (κ3) is 4.26. The van der Waals surface area contributed by atoms with Gasteiger partial charge >= 0.3 is 0 Å². The number of nitrogens with two attached hydrogens (primary N) is 1. The van der Waals surface area contributed by atoms with E-state index in [0.29, 0.717) is 12.4 Å². The number of nitrogens with zero attached hydrogens (tertiary/aromatic N) is 3. The van der Waals surface area contributed by atoms with Crippen molar-refractivity contribution >= 4 is 33.7 Å². The van der Waals surface area contributed by atoms with Crippen molar-refractivity contribution in [3.05, 3.63) is 30.1 Å². The summed E-state index contributed by atoms with van der Waals surface area (Å²) in [5.74, 6) is 1.88. The minimum absolute atomic E-state index is 0.227. The van der Waals surface area contributed by atoms with Crippen molar-refractivity contribution in [1.82, 2.24) is 19.9 Å². The van der Waals surface area contributed by atoms with Gasteiger partial charge < -0.3 is 20.4 Å². The lowest BCUT2D eigenvalue weighted by atomic mass is 10.1. The second kappa shape index (κ2) is 9.43. The predicted molar refractivity (Wildman–Crippen MR) is 119 cm³/mol. The summed E-state index contributed by atoms with van der Waals surface area (Å²) >= 11 is 0. The molecule has 1 aliphatic rings. The highest BCUT2D eigenvalue weighted by Crippen LogP contribution is 2.29. The van der Waals surface area contributed by atoms with Crippen LogP contribution in [0.15, 0.2) is 24.3 Å². The summed E-state index contributed by atoms with van der Waals surface area (Å²) in [5.41, 5.74) is 8.92. The fraction of sp³-hybridized carbons (Fsp3) is 0.522. The molecule has 3 aromatic rings. The number of unbranched alkanes of at least 4 members (excludes halogenated alkanes) is 1. The van der Waals surface area contributed by atoms with Crippen molar-refractivity contribution in [2.45, 2.75) is 51.5 Å². The number of carbonyl (C=O) groups is 1. The lowest BCUT2D eigenvalue weighted by molar-refractivity contribution is -0.124. The summed E-state index contributed by atoms with van der Waals surface area (Å²) < 4.78 is 7.54. The number of pyridine rings is 1. The van der Waals surface area contributed by atoms with Crippen LogP contribution in [0.1, 0.15) is 44.3 Å². The normalized spacial score (nSPS) is 14.7. The highest BCUT2D eigenvalue weighted by molar-refractivity contribution is 6.06. The molecule has 0 bridgehead atoms. The average Bonchev–Trinajstić information content (AvgIpc) is 3.41. The van der Waals surface area contributed by atoms with E-state index >= 15 is 0 Å². The van der Waals surface area contributed by atoms with Crippen molar-refractivity contribution < 1.29 is 9.53 Å². The fourth-order valence-corrected chi connectivity index (χ4v) is 4.47. The van der Waals surface area contributed by atoms with Gasteiger partial charge in [-0.1, -0.05) is 31.0 Å². The van der Waals surface area contributed by atoms with Crippen LogP contribution < -0.4 is 11.1 Å². The van der Waals surface area contributed by atoms with E-state index in [4.69, 9.17) is 15.5 Å². The monoisotopic (exact) mass is 409 g/mol. The van der Waals surface area contributed by atoms with E-state index in [-0.39, 0.29) is 11.8 Å². The van der Waals surface area contributed by atoms with Crippen molar-refractivity contribution in [3.8, 4) is 0 Å². The van der Waals surface area contributed by atoms with Crippen molar-refractivity contribution in [1.29, 1.82) is 0 Å². The zero-order valence-electron chi connectivity index (χ0n) is 17.7. The summed E-state index contributed by atoms with van der Waals surface area (Å²) in [6.45, 7) is 2.15. The molecule has 1 aromatic carbocycles. The van der Waals surface area contributed by atoms with Crippen LogP contribution in [0.3, 0.4) is 0 Å². The average molecular weight is 410 g/mol. The molecule has 4 rings (SSSR count). The van der Waals surface area contributed by atoms with Gasteiger partial charge in [0.2, 0.25) is 5.91 Å². The summed E-state index contributed by atoms with van der Waals surface area (Å²) in [6, 6.07) is 8.05. The zero-order chi connectivity index (χ0) is 20.9. The molecule has 0 radical (unpaired) electrons. The molecule has 1 fully saturated rings. The maximum atomic E-state index is 12.2. The third-order valence-corrected chi connectivity index (χ3v) is 6.05. The number of amides is 1. The van der Waals surface area contributed by atoms with Crippen molar-refractivity contribution in [3.63, 3.8) is 0 Å². The number of ether oxygens (including phenoxy) is 1. The number of imidazole rings is 1. The van der Waals surface area contributed by atoms with E-state index in [1.165, 1.54) is 12.8 Å². The number of anilines is 1. The molecule has 0 atom stereocenters. The molecule has 160 valence electrons. The van der Waals surface area contributed by atoms with Gasteiger partial charge in [-0.25, -0.2) is 9.97 Å². The molecule has 2 heterocycles. The standard InChI is InChI=1S/C23H31N5O2/c1-30-15-12-19-27-20-21(17-10-4-5-11-18(17)26-22(20)24)28(19)14-7-6-13-25-23(29)16-8-2-3-9-16/h4-5,10-11,16H,2-3,6-9,12-15H2,1H3,(H2,24,26)(H,25,29). The van der Waals surface area contributed by atoms with Crippen LogP contribution in [-0.4, -0.2) is 40.7 Å². The quantitative estimate of drug-likeness (QED) is 0.528. The second-order valence-corrected chi connectivity index (χ2v) is 8.11. The van der Waals surface area contributed by atoms with E-state index in [1.807, 2.05) is 18.2 Å². The van der Waals surface area contributed by atoms with Crippen LogP contribution >= 0.6 is 0 Å². The third-order valence-electron chi connectivity index (χ3n) is 6.05. The minimum atomic E-state index is 0.227. The van der Waals surface area contributed by atoms with E-state index in [2.05, 4.69) is 20.9 Å². The van der Waals surface area contributed by atoms with Crippen molar-refractivity contribution in [2.24, 2.45) is 5.92 Å². The van der Waals surface area contributed by atoms with Gasteiger partial charge in [0, 0.05) is 37.9 Å². The first kappa shape index (κ1) is 20.6. The van der Waals surface area contributed by atoms with Crippen molar-refractivity contribution in [2.75, 3.05) is 26.0 Å². The van der Waals surface area contributed by atoms with Crippen LogP contribution in [0.5, 0.6) is 0 Å². The molecule has 1 aliphatic carbocycles. The van der Waals surface area contributed by atoms with Gasteiger partial charge in [0.1, 0.15) is 11.3 Å². The highest BCUT2D eigenvalue weighted by atomic mass is 16.5. The Morgan fingerprint density at radius 1 is 1.23 bits per heavy atom. The molecule has 7 nitrogen and oxygen atoms in total. The van der Waals surface area contributed by atoms with Gasteiger partial charge in [-0.15, -0.1) is 0 Å². The fourth-order valence-electron chi connectivity index (χ4n) is 4.47. The highest BCUT2D eigenvalue weighted by Gasteiger charge is 2.22. The zero-order valence-corrected chi connectivity index (χ0v) is 17.7. The van der Waals surface area contributed by atoms with Gasteiger partial charge in [0.15, 0.2) is 5.82 Å². The molecule has 0 saturated heterocycles. The lowest BCUT2D eigenvalue weighted by Crippen LogP contribution is -2.30. The number of aryl methyl sites for hydroxylation is 1. The molecule has 30 heavy (non-hydrogen) atoms. The molecule has 0 unspecified atom stereocenters. The molecule has 2 aromatic heterocycles. The number of para-hydroxylation sites is 1. The summed E-state index contributed by atoms with van der Waals surface area (Å²) in [7, 11) is 1.70. The molecular weight excluding hydrogens is 378 g/mol. The largest absolute Gasteiger partial charge is 0.384 e. The Balaban J connectivity index is 1.50. The Labute approximate surface area is 177 Å². The first-order valence-corrected chi connectivity index (χ1v) is 11.0. The predicted octanol–water partition coefficient (Wildman–Crippen LogP) is 3.44. The van der Waals surface area contributed by atoms with E-state index in [1.54, 1.807) is 7.11 Å². The molecular formula is C23H31N5O2. The minimum Gasteiger partial charge on any atom is -0.384 e. The van der Waals surface area contributed by atoms with Crippen LogP contribution in [-0.2, 0) is 22.5 Å². The summed E-state index contributed by atoms with van der Waals surface area (Å²) in [5, 5.41) is 4.18. The Hall–Kier alpha value is -2.67. The Kier molecular flexibility index (Phi) is 6.47. The topological polar surface area (TPSA) is 95.1 Å². The van der Waals surface area contributed by atoms with Gasteiger partial charge in [-0.2, -0.15) is 0 Å². The summed E-state index contributed by atoms with van der Waals surface area (Å²) in [6.07, 6.45) is 7.05. The van der Waals surface area contributed by atoms with Crippen LogP contribution in [0.25, 0.3) is 21.9 Å². The van der Waals surface area contributed by atoms with Gasteiger partial charge in [-0.3, -0.25) is 4.79 Å². The number of fused-ring (bicyclic) bond motifs is 3. The number of nitrogens with one attached hydrogen (secondary N) is 1. The number of aromatic nitrogens is 3. The maximum Gasteiger partial charge on any atom is 0.223 e. The molecule has 1 saturated carbocycles. The first-order valence-electron chi connectivity index (χ1n) is 11.0. The number of hydrogen-bond donors (Lipinski definition) is 2. The van der Waals surface area contributed by atoms with Crippen LogP contribution in [0.4, 0.5) is 5.82 Å². The summed E-state index contributed by atoms with van der Waals surface area (Å²) in [4.78, 5) is 21.5. The Morgan fingerprint density at radius 3 is 2.83 bits per heavy atom. The van der Waals surface area contributed by atoms with Gasteiger partial charge in [0.05, 0.1) is 17.6 Å². The van der Waals surface area contributed by atoms with E-state index in [9.17, 15) is 4.79 Å². The van der Waals surface area contributed by atoms with Gasteiger partial charge in [0.25, 0.3) is 0 Å². The maximum absolute atomic E-state index is 12.2.